The minimum Gasteiger partial charge on any atom is -0.349 e. The first-order chi connectivity index (χ1) is 12.4. The van der Waals surface area contributed by atoms with E-state index in [1.807, 2.05) is 6.07 Å². The Bertz CT molecular complexity index is 808. The third kappa shape index (κ3) is 4.16. The fourth-order valence-electron chi connectivity index (χ4n) is 3.57. The second-order valence-corrected chi connectivity index (χ2v) is 8.44. The molecule has 0 aliphatic heterocycles. The molecule has 1 amide bonds. The van der Waals surface area contributed by atoms with Crippen molar-refractivity contribution in [3.05, 3.63) is 22.8 Å². The molecule has 8 heteroatoms. The summed E-state index contributed by atoms with van der Waals surface area (Å²) in [5, 5.41) is 4.04. The van der Waals surface area contributed by atoms with Gasteiger partial charge in [-0.05, 0) is 50.5 Å². The first kappa shape index (κ1) is 17.7. The van der Waals surface area contributed by atoms with Crippen LogP contribution in [0.3, 0.4) is 0 Å². The molecule has 0 atom stereocenters. The average Bonchev–Trinajstić information content (AvgIpc) is 3.34. The van der Waals surface area contributed by atoms with E-state index < -0.39 is 12.6 Å². The molecule has 0 aromatic carbocycles. The largest absolute Gasteiger partial charge is 0.389 e. The number of halogens is 3. The van der Waals surface area contributed by atoms with Crippen LogP contribution >= 0.6 is 11.3 Å². The number of aromatic nitrogens is 2. The van der Waals surface area contributed by atoms with Gasteiger partial charge >= 0.3 is 6.18 Å². The molecule has 2 fully saturated rings. The number of fused-ring (bicyclic) bond motifs is 1. The molecule has 2 saturated carbocycles. The number of hydrogen-bond donors (Lipinski definition) is 1. The smallest absolute Gasteiger partial charge is 0.349 e. The highest BCUT2D eigenvalue weighted by Crippen LogP contribution is 2.43. The van der Waals surface area contributed by atoms with E-state index in [-0.39, 0.29) is 17.9 Å². The quantitative estimate of drug-likeness (QED) is 0.824. The number of carbonyl (C=O) groups is 1. The molecule has 140 valence electrons. The average molecular weight is 383 g/mol. The number of carbonyl (C=O) groups excluding carboxylic acids is 1. The number of thiazole rings is 1. The van der Waals surface area contributed by atoms with Gasteiger partial charge in [-0.2, -0.15) is 13.2 Å². The van der Waals surface area contributed by atoms with Crippen LogP contribution in [-0.2, 0) is 0 Å². The van der Waals surface area contributed by atoms with Crippen LogP contribution in [0.15, 0.2) is 12.3 Å². The predicted octanol–water partition coefficient (Wildman–Crippen LogP) is 4.81. The van der Waals surface area contributed by atoms with Crippen LogP contribution < -0.4 is 5.32 Å². The number of pyridine rings is 1. The van der Waals surface area contributed by atoms with Crippen molar-refractivity contribution < 1.29 is 18.0 Å². The number of alkyl halides is 3. The molecular weight excluding hydrogens is 363 g/mol. The molecule has 4 rings (SSSR count). The van der Waals surface area contributed by atoms with Crippen LogP contribution in [0, 0.1) is 5.92 Å². The first-order valence-corrected chi connectivity index (χ1v) is 9.83. The summed E-state index contributed by atoms with van der Waals surface area (Å²) in [4.78, 5) is 21.3. The highest BCUT2D eigenvalue weighted by Gasteiger charge is 2.34. The zero-order valence-electron chi connectivity index (χ0n) is 14.2. The molecule has 2 aliphatic carbocycles. The lowest BCUT2D eigenvalue weighted by atomic mass is 9.84. The van der Waals surface area contributed by atoms with Gasteiger partial charge in [0.25, 0.3) is 5.91 Å². The Balaban J connectivity index is 1.35. The number of rotatable bonds is 4. The fraction of sp³-hybridized carbons (Fsp3) is 0.611. The van der Waals surface area contributed by atoms with Gasteiger partial charge in [-0.25, -0.2) is 9.97 Å². The van der Waals surface area contributed by atoms with Gasteiger partial charge in [0.2, 0.25) is 0 Å². The highest BCUT2D eigenvalue weighted by atomic mass is 32.1. The molecule has 2 aromatic heterocycles. The van der Waals surface area contributed by atoms with E-state index in [9.17, 15) is 18.0 Å². The first-order valence-electron chi connectivity index (χ1n) is 9.01. The summed E-state index contributed by atoms with van der Waals surface area (Å²) in [7, 11) is 0. The van der Waals surface area contributed by atoms with Gasteiger partial charge in [0.1, 0.15) is 0 Å². The Morgan fingerprint density at radius 1 is 1.19 bits per heavy atom. The molecule has 2 aliphatic rings. The molecule has 0 radical (unpaired) electrons. The van der Waals surface area contributed by atoms with E-state index in [1.54, 1.807) is 11.3 Å². The Morgan fingerprint density at radius 3 is 2.58 bits per heavy atom. The maximum atomic E-state index is 12.5. The summed E-state index contributed by atoms with van der Waals surface area (Å²) in [5.74, 6) is 0.0256. The third-order valence-corrected chi connectivity index (χ3v) is 6.31. The molecule has 0 bridgehead atoms. The van der Waals surface area contributed by atoms with Crippen LogP contribution in [0.25, 0.3) is 10.3 Å². The van der Waals surface area contributed by atoms with E-state index in [0.717, 1.165) is 9.71 Å². The zero-order valence-corrected chi connectivity index (χ0v) is 15.0. The maximum Gasteiger partial charge on any atom is 0.389 e. The lowest BCUT2D eigenvalue weighted by molar-refractivity contribution is -0.146. The molecule has 2 aromatic rings. The summed E-state index contributed by atoms with van der Waals surface area (Å²) in [6.07, 6.45) is 1.24. The second kappa shape index (κ2) is 6.79. The SMILES string of the molecule is O=C(NC1CCC(CC(F)(F)F)CC1)c1cnc2nc(C3CC3)sc2c1. The molecule has 1 N–H and O–H groups in total. The summed E-state index contributed by atoms with van der Waals surface area (Å²) < 4.78 is 38.3. The number of nitrogens with zero attached hydrogens (tertiary/aromatic N) is 2. The lowest BCUT2D eigenvalue weighted by Crippen LogP contribution is -2.38. The van der Waals surface area contributed by atoms with Crippen molar-refractivity contribution in [1.29, 1.82) is 0 Å². The lowest BCUT2D eigenvalue weighted by Gasteiger charge is -2.29. The Morgan fingerprint density at radius 2 is 1.92 bits per heavy atom. The van der Waals surface area contributed by atoms with E-state index in [1.165, 1.54) is 19.0 Å². The summed E-state index contributed by atoms with van der Waals surface area (Å²) in [5.41, 5.74) is 1.17. The van der Waals surface area contributed by atoms with Crippen molar-refractivity contribution in [2.45, 2.75) is 63.1 Å². The van der Waals surface area contributed by atoms with Crippen LogP contribution in [0.4, 0.5) is 13.2 Å². The van der Waals surface area contributed by atoms with E-state index in [0.29, 0.717) is 42.8 Å². The second-order valence-electron chi connectivity index (χ2n) is 7.38. The summed E-state index contributed by atoms with van der Waals surface area (Å²) in [6.45, 7) is 0. The van der Waals surface area contributed by atoms with Crippen molar-refractivity contribution in [2.24, 2.45) is 5.92 Å². The molecular formula is C18H20F3N3OS. The maximum absolute atomic E-state index is 12.5. The highest BCUT2D eigenvalue weighted by molar-refractivity contribution is 7.18. The van der Waals surface area contributed by atoms with Crippen molar-refractivity contribution in [3.8, 4) is 0 Å². The summed E-state index contributed by atoms with van der Waals surface area (Å²) in [6, 6.07) is 1.75. The molecule has 4 nitrogen and oxygen atoms in total. The molecule has 0 unspecified atom stereocenters. The number of hydrogen-bond acceptors (Lipinski definition) is 4. The van der Waals surface area contributed by atoms with Gasteiger partial charge in [0.15, 0.2) is 5.65 Å². The van der Waals surface area contributed by atoms with Crippen LogP contribution in [-0.4, -0.2) is 28.1 Å². The van der Waals surface area contributed by atoms with Gasteiger partial charge in [-0.3, -0.25) is 4.79 Å². The van der Waals surface area contributed by atoms with Gasteiger partial charge in [0.05, 0.1) is 15.3 Å². The molecule has 26 heavy (non-hydrogen) atoms. The number of amides is 1. The molecule has 0 saturated heterocycles. The molecule has 2 heterocycles. The monoisotopic (exact) mass is 383 g/mol. The normalized spacial score (nSPS) is 24.0. The van der Waals surface area contributed by atoms with Crippen molar-refractivity contribution in [2.75, 3.05) is 0 Å². The zero-order chi connectivity index (χ0) is 18.3. The fourth-order valence-corrected chi connectivity index (χ4v) is 4.71. The van der Waals surface area contributed by atoms with Crippen molar-refractivity contribution in [1.82, 2.24) is 15.3 Å². The van der Waals surface area contributed by atoms with Gasteiger partial charge in [-0.1, -0.05) is 0 Å². The molecule has 0 spiro atoms. The Kier molecular flexibility index (Phi) is 4.62. The van der Waals surface area contributed by atoms with Crippen LogP contribution in [0.1, 0.15) is 66.2 Å². The predicted molar refractivity (Wildman–Crippen MR) is 93.3 cm³/mol. The Labute approximate surface area is 153 Å². The van der Waals surface area contributed by atoms with Crippen LogP contribution in [0.5, 0.6) is 0 Å². The topological polar surface area (TPSA) is 54.9 Å². The van der Waals surface area contributed by atoms with Gasteiger partial charge in [-0.15, -0.1) is 11.3 Å². The van der Waals surface area contributed by atoms with Crippen molar-refractivity contribution in [3.63, 3.8) is 0 Å². The third-order valence-electron chi connectivity index (χ3n) is 5.15. The van der Waals surface area contributed by atoms with Gasteiger partial charge < -0.3 is 5.32 Å². The van der Waals surface area contributed by atoms with E-state index in [2.05, 4.69) is 15.3 Å². The Hall–Kier alpha value is -1.70. The van der Waals surface area contributed by atoms with E-state index >= 15 is 0 Å². The minimum atomic E-state index is -4.10. The number of nitrogens with one attached hydrogen (secondary N) is 1. The standard InChI is InChI=1S/C18H20F3N3OS/c19-18(20,21)8-10-1-5-13(6-2-10)23-16(25)12-7-14-15(22-9-12)24-17(26-14)11-3-4-11/h7,9-11,13H,1-6,8H2,(H,23,25). The summed E-state index contributed by atoms with van der Waals surface area (Å²) >= 11 is 1.59. The minimum absolute atomic E-state index is 0.0637. The van der Waals surface area contributed by atoms with E-state index in [4.69, 9.17) is 0 Å². The van der Waals surface area contributed by atoms with Crippen LogP contribution in [0.2, 0.25) is 0 Å². The van der Waals surface area contributed by atoms with Gasteiger partial charge in [0, 0.05) is 24.6 Å². The van der Waals surface area contributed by atoms with Crippen molar-refractivity contribution >= 4 is 27.6 Å².